The van der Waals surface area contributed by atoms with Crippen LogP contribution in [0.25, 0.3) is 0 Å². The van der Waals surface area contributed by atoms with E-state index in [0.717, 1.165) is 19.3 Å². The number of hydrogen-bond acceptors (Lipinski definition) is 3. The van der Waals surface area contributed by atoms with Gasteiger partial charge in [-0.05, 0) is 38.7 Å². The summed E-state index contributed by atoms with van der Waals surface area (Å²) in [5.74, 6) is 0.331. The normalized spacial score (nSPS) is 26.5. The summed E-state index contributed by atoms with van der Waals surface area (Å²) in [6.07, 6.45) is 6.87. The van der Waals surface area contributed by atoms with E-state index in [4.69, 9.17) is 4.74 Å². The molecule has 4 heteroatoms. The topological polar surface area (TPSA) is 43.4 Å². The number of Topliss-reactive ketones (excluding diaryl/α,β-unsaturated/α-hetero) is 1. The second kappa shape index (κ2) is 5.95. The fraction of sp³-hybridized carbons (Fsp3) is 0.636. The second-order valence-electron chi connectivity index (χ2n) is 3.81. The molecule has 2 atom stereocenters. The molecule has 0 bridgehead atoms. The Morgan fingerprint density at radius 3 is 2.67 bits per heavy atom. The first kappa shape index (κ1) is 12.3. The molecule has 0 N–H and O–H groups in total. The van der Waals surface area contributed by atoms with Crippen molar-refractivity contribution >= 4 is 23.7 Å². The van der Waals surface area contributed by atoms with Crippen LogP contribution in [0.2, 0.25) is 0 Å². The van der Waals surface area contributed by atoms with Gasteiger partial charge in [-0.25, -0.2) is 4.79 Å². The summed E-state index contributed by atoms with van der Waals surface area (Å²) in [6, 6.07) is 0. The number of rotatable bonds is 2. The summed E-state index contributed by atoms with van der Waals surface area (Å²) in [5, 5.41) is -0.565. The maximum Gasteiger partial charge on any atom is 0.364 e. The van der Waals surface area contributed by atoms with Gasteiger partial charge in [0.05, 0.1) is 0 Å². The molecule has 84 valence electrons. The molecule has 0 spiro atoms. The van der Waals surface area contributed by atoms with E-state index in [1.807, 2.05) is 12.2 Å². The summed E-state index contributed by atoms with van der Waals surface area (Å²) >= 11 is 3.57. The van der Waals surface area contributed by atoms with Gasteiger partial charge in [0.1, 0.15) is 11.9 Å². The number of ketones is 1. The molecule has 0 radical (unpaired) electrons. The first-order chi connectivity index (χ1) is 7.09. The van der Waals surface area contributed by atoms with Crippen LogP contribution in [0.4, 0.5) is 4.79 Å². The van der Waals surface area contributed by atoms with E-state index in [-0.39, 0.29) is 17.8 Å². The molecule has 0 aliphatic heterocycles. The number of ether oxygens (including phenoxy) is 1. The fourth-order valence-corrected chi connectivity index (χ4v) is 1.92. The van der Waals surface area contributed by atoms with E-state index in [1.54, 1.807) is 6.92 Å². The molecule has 1 rings (SSSR count). The zero-order valence-electron chi connectivity index (χ0n) is 8.81. The Labute approximate surface area is 95.3 Å². The van der Waals surface area contributed by atoms with Crippen molar-refractivity contribution < 1.29 is 14.3 Å². The standard InChI is InChI=1S/C11H16O3S/c1-8(12)9-4-2-3-5-10(7-6-9)14-11(13)15/h3,5,9-10H,2,4,6-7H2,1H3,(H,13,15). The Kier molecular flexibility index (Phi) is 4.88. The van der Waals surface area contributed by atoms with Crippen LogP contribution in [0.1, 0.15) is 32.6 Å². The van der Waals surface area contributed by atoms with Crippen LogP contribution in [0, 0.1) is 5.92 Å². The van der Waals surface area contributed by atoms with Crippen LogP contribution in [0.5, 0.6) is 0 Å². The van der Waals surface area contributed by atoms with Crippen molar-refractivity contribution in [2.75, 3.05) is 0 Å². The molecule has 1 aliphatic carbocycles. The highest BCUT2D eigenvalue weighted by molar-refractivity contribution is 7.96. The van der Waals surface area contributed by atoms with E-state index < -0.39 is 5.30 Å². The Balaban J connectivity index is 2.53. The van der Waals surface area contributed by atoms with Gasteiger partial charge in [-0.1, -0.05) is 18.7 Å². The van der Waals surface area contributed by atoms with Crippen molar-refractivity contribution in [3.63, 3.8) is 0 Å². The maximum atomic E-state index is 11.2. The van der Waals surface area contributed by atoms with Crippen LogP contribution in [-0.2, 0) is 9.53 Å². The molecule has 0 aromatic heterocycles. The molecule has 0 aromatic carbocycles. The summed E-state index contributed by atoms with van der Waals surface area (Å²) < 4.78 is 4.98. The maximum absolute atomic E-state index is 11.2. The largest absolute Gasteiger partial charge is 0.450 e. The van der Waals surface area contributed by atoms with Crippen molar-refractivity contribution in [1.29, 1.82) is 0 Å². The molecular formula is C11H16O3S. The van der Waals surface area contributed by atoms with Crippen molar-refractivity contribution in [2.45, 2.75) is 38.7 Å². The molecule has 3 nitrogen and oxygen atoms in total. The quantitative estimate of drug-likeness (QED) is 0.449. The Morgan fingerprint density at radius 1 is 1.33 bits per heavy atom. The predicted octanol–water partition coefficient (Wildman–Crippen LogP) is 2.76. The van der Waals surface area contributed by atoms with Gasteiger partial charge >= 0.3 is 5.30 Å². The van der Waals surface area contributed by atoms with Gasteiger partial charge in [0.15, 0.2) is 0 Å². The minimum atomic E-state index is -0.565. The van der Waals surface area contributed by atoms with Crippen molar-refractivity contribution in [3.05, 3.63) is 12.2 Å². The predicted molar refractivity (Wildman–Crippen MR) is 61.0 cm³/mol. The minimum absolute atomic E-state index is 0.107. The van der Waals surface area contributed by atoms with Gasteiger partial charge in [-0.2, -0.15) is 0 Å². The summed E-state index contributed by atoms with van der Waals surface area (Å²) in [4.78, 5) is 21.9. The fourth-order valence-electron chi connectivity index (χ4n) is 1.79. The number of carbonyl (C=O) groups is 2. The van der Waals surface area contributed by atoms with Crippen LogP contribution in [-0.4, -0.2) is 17.2 Å². The molecule has 1 aliphatic rings. The third-order valence-corrected chi connectivity index (χ3v) is 2.76. The zero-order valence-corrected chi connectivity index (χ0v) is 9.70. The average molecular weight is 228 g/mol. The summed E-state index contributed by atoms with van der Waals surface area (Å²) in [7, 11) is 0. The average Bonchev–Trinajstić information content (AvgIpc) is 2.08. The highest BCUT2D eigenvalue weighted by Gasteiger charge is 2.18. The SMILES string of the molecule is CC(=O)C1CCC=CC(OC(=O)S)CC1. The zero-order chi connectivity index (χ0) is 11.3. The van der Waals surface area contributed by atoms with Crippen molar-refractivity contribution in [3.8, 4) is 0 Å². The van der Waals surface area contributed by atoms with Crippen LogP contribution >= 0.6 is 12.6 Å². The van der Waals surface area contributed by atoms with Gasteiger partial charge in [0.2, 0.25) is 0 Å². The van der Waals surface area contributed by atoms with Crippen molar-refractivity contribution in [2.24, 2.45) is 5.92 Å². The molecule has 0 heterocycles. The van der Waals surface area contributed by atoms with Gasteiger partial charge < -0.3 is 4.74 Å². The van der Waals surface area contributed by atoms with Gasteiger partial charge in [0, 0.05) is 5.92 Å². The summed E-state index contributed by atoms with van der Waals surface area (Å²) in [6.45, 7) is 1.62. The monoisotopic (exact) mass is 228 g/mol. The summed E-state index contributed by atoms with van der Waals surface area (Å²) in [5.41, 5.74) is 0. The molecule has 2 unspecified atom stereocenters. The third kappa shape index (κ3) is 4.51. The molecule has 0 amide bonds. The van der Waals surface area contributed by atoms with E-state index in [1.165, 1.54) is 0 Å². The van der Waals surface area contributed by atoms with E-state index in [9.17, 15) is 9.59 Å². The molecule has 0 saturated carbocycles. The Bertz CT molecular complexity index is 273. The van der Waals surface area contributed by atoms with E-state index in [0.29, 0.717) is 6.42 Å². The first-order valence-corrected chi connectivity index (χ1v) is 5.61. The smallest absolute Gasteiger partial charge is 0.364 e. The third-order valence-electron chi connectivity index (χ3n) is 2.66. The first-order valence-electron chi connectivity index (χ1n) is 5.16. The van der Waals surface area contributed by atoms with Crippen LogP contribution in [0.3, 0.4) is 0 Å². The lowest BCUT2D eigenvalue weighted by Crippen LogP contribution is -2.18. The van der Waals surface area contributed by atoms with Gasteiger partial charge in [-0.15, -0.1) is 0 Å². The van der Waals surface area contributed by atoms with E-state index in [2.05, 4.69) is 12.6 Å². The highest BCUT2D eigenvalue weighted by Crippen LogP contribution is 2.21. The van der Waals surface area contributed by atoms with Gasteiger partial charge in [-0.3, -0.25) is 4.79 Å². The lowest BCUT2D eigenvalue weighted by molar-refractivity contribution is -0.121. The lowest BCUT2D eigenvalue weighted by atomic mass is 9.90. The van der Waals surface area contributed by atoms with E-state index >= 15 is 0 Å². The van der Waals surface area contributed by atoms with Crippen molar-refractivity contribution in [1.82, 2.24) is 0 Å². The van der Waals surface area contributed by atoms with Gasteiger partial charge in [0.25, 0.3) is 0 Å². The molecular weight excluding hydrogens is 212 g/mol. The highest BCUT2D eigenvalue weighted by atomic mass is 32.1. The second-order valence-corrected chi connectivity index (χ2v) is 4.18. The molecule has 15 heavy (non-hydrogen) atoms. The Hall–Kier alpha value is -0.770. The minimum Gasteiger partial charge on any atom is -0.450 e. The lowest BCUT2D eigenvalue weighted by Gasteiger charge is -2.19. The van der Waals surface area contributed by atoms with Crippen LogP contribution < -0.4 is 0 Å². The molecule has 0 fully saturated rings. The number of allylic oxidation sites excluding steroid dienone is 1. The number of thiol groups is 1. The molecule has 0 saturated heterocycles. The van der Waals surface area contributed by atoms with Crippen LogP contribution in [0.15, 0.2) is 12.2 Å². The number of carbonyl (C=O) groups excluding carboxylic acids is 2. The number of hydrogen-bond donors (Lipinski definition) is 1. The molecule has 0 aromatic rings. The Morgan fingerprint density at radius 2 is 2.07 bits per heavy atom.